The molecular weight excluding hydrogens is 318 g/mol. The third-order valence-electron chi connectivity index (χ3n) is 3.98. The van der Waals surface area contributed by atoms with Gasteiger partial charge >= 0.3 is 6.03 Å². The lowest BCUT2D eigenvalue weighted by Crippen LogP contribution is -2.41. The van der Waals surface area contributed by atoms with Crippen molar-refractivity contribution in [2.75, 3.05) is 20.2 Å². The molecule has 0 aromatic carbocycles. The summed E-state index contributed by atoms with van der Waals surface area (Å²) in [5.41, 5.74) is 1.61. The Kier molecular flexibility index (Phi) is 4.97. The lowest BCUT2D eigenvalue weighted by atomic mass is 10.2. The number of hydrogen-bond donors (Lipinski definition) is 2. The zero-order valence-electron chi connectivity index (χ0n) is 13.0. The molecule has 1 saturated carbocycles. The molecule has 2 heterocycles. The second kappa shape index (κ2) is 7.14. The molecule has 1 aliphatic carbocycles. The summed E-state index contributed by atoms with van der Waals surface area (Å²) in [6, 6.07) is -0.177. The molecule has 2 N–H and O–H groups in total. The molecule has 2 amide bonds. The van der Waals surface area contributed by atoms with E-state index in [1.54, 1.807) is 24.0 Å². The third-order valence-corrected chi connectivity index (χ3v) is 4.25. The van der Waals surface area contributed by atoms with E-state index in [2.05, 4.69) is 20.7 Å². The number of carbonyl (C=O) groups is 1. The van der Waals surface area contributed by atoms with E-state index < -0.39 is 0 Å². The molecule has 124 valence electrons. The number of nitrogens with zero attached hydrogens (tertiary/aromatic N) is 3. The number of carbonyl (C=O) groups excluding carboxylic acids is 1. The first kappa shape index (κ1) is 16.0. The number of rotatable bonds is 7. The average Bonchev–Trinajstić information content (AvgIpc) is 3.32. The SMILES string of the molecule is COC(CNC(=O)NCCc1cnc2c(Cl)cnn2c1)C1CC1. The van der Waals surface area contributed by atoms with Gasteiger partial charge in [0.1, 0.15) is 5.02 Å². The van der Waals surface area contributed by atoms with Gasteiger partial charge in [0.05, 0.1) is 12.3 Å². The molecule has 0 saturated heterocycles. The van der Waals surface area contributed by atoms with Gasteiger partial charge in [-0.3, -0.25) is 0 Å². The summed E-state index contributed by atoms with van der Waals surface area (Å²) in [6.45, 7) is 1.07. The van der Waals surface area contributed by atoms with Crippen LogP contribution in [0.25, 0.3) is 5.65 Å². The summed E-state index contributed by atoms with van der Waals surface area (Å²) >= 11 is 5.95. The lowest BCUT2D eigenvalue weighted by Gasteiger charge is -2.15. The summed E-state index contributed by atoms with van der Waals surface area (Å²) in [5, 5.41) is 10.3. The Morgan fingerprint density at radius 3 is 3.04 bits per heavy atom. The molecule has 2 aromatic heterocycles. The summed E-state index contributed by atoms with van der Waals surface area (Å²) in [4.78, 5) is 16.0. The second-order valence-electron chi connectivity index (χ2n) is 5.72. The molecule has 1 unspecified atom stereocenters. The highest BCUT2D eigenvalue weighted by Gasteiger charge is 2.31. The van der Waals surface area contributed by atoms with Crippen molar-refractivity contribution in [1.82, 2.24) is 25.2 Å². The number of aromatic nitrogens is 3. The van der Waals surface area contributed by atoms with Crippen molar-refractivity contribution in [3.05, 3.63) is 29.2 Å². The van der Waals surface area contributed by atoms with Crippen LogP contribution in [0.5, 0.6) is 0 Å². The monoisotopic (exact) mass is 337 g/mol. The molecule has 0 bridgehead atoms. The Bertz CT molecular complexity index is 686. The van der Waals surface area contributed by atoms with E-state index in [1.165, 1.54) is 12.8 Å². The second-order valence-corrected chi connectivity index (χ2v) is 6.13. The van der Waals surface area contributed by atoms with E-state index in [0.717, 1.165) is 5.56 Å². The minimum Gasteiger partial charge on any atom is -0.379 e. The fourth-order valence-corrected chi connectivity index (χ4v) is 2.68. The molecular formula is C15H20ClN5O2. The summed E-state index contributed by atoms with van der Waals surface area (Å²) in [5.74, 6) is 0.596. The number of fused-ring (bicyclic) bond motifs is 1. The standard InChI is InChI=1S/C15H20ClN5O2/c1-23-13(11-2-3-11)8-19-15(22)17-5-4-10-6-18-14-12(16)7-20-21(14)9-10/h6-7,9,11,13H,2-5,8H2,1H3,(H2,17,19,22). The number of hydrogen-bond acceptors (Lipinski definition) is 4. The third kappa shape index (κ3) is 4.11. The van der Waals surface area contributed by atoms with Crippen LogP contribution < -0.4 is 10.6 Å². The minimum absolute atomic E-state index is 0.122. The number of halogens is 1. The smallest absolute Gasteiger partial charge is 0.314 e. The Morgan fingerprint density at radius 2 is 2.30 bits per heavy atom. The zero-order valence-corrected chi connectivity index (χ0v) is 13.7. The van der Waals surface area contributed by atoms with Crippen LogP contribution in [-0.2, 0) is 11.2 Å². The van der Waals surface area contributed by atoms with Crippen LogP contribution in [0, 0.1) is 5.92 Å². The summed E-state index contributed by atoms with van der Waals surface area (Å²) in [6.07, 6.45) is 8.34. The molecule has 1 atom stereocenters. The fraction of sp³-hybridized carbons (Fsp3) is 0.533. The predicted octanol–water partition coefficient (Wildman–Crippen LogP) is 1.65. The van der Waals surface area contributed by atoms with E-state index in [0.29, 0.717) is 36.1 Å². The van der Waals surface area contributed by atoms with Crippen molar-refractivity contribution in [3.63, 3.8) is 0 Å². The van der Waals surface area contributed by atoms with Gasteiger partial charge in [-0.15, -0.1) is 0 Å². The normalized spacial score (nSPS) is 15.6. The van der Waals surface area contributed by atoms with Gasteiger partial charge in [0.25, 0.3) is 0 Å². The molecule has 23 heavy (non-hydrogen) atoms. The molecule has 1 aliphatic rings. The molecule has 8 heteroatoms. The van der Waals surface area contributed by atoms with Gasteiger partial charge in [-0.05, 0) is 30.7 Å². The number of nitrogens with one attached hydrogen (secondary N) is 2. The van der Waals surface area contributed by atoms with Gasteiger partial charge in [-0.2, -0.15) is 5.10 Å². The van der Waals surface area contributed by atoms with Gasteiger partial charge < -0.3 is 15.4 Å². The van der Waals surface area contributed by atoms with Crippen LogP contribution in [0.1, 0.15) is 18.4 Å². The first-order valence-corrected chi connectivity index (χ1v) is 8.07. The van der Waals surface area contributed by atoms with Gasteiger partial charge in [-0.1, -0.05) is 11.6 Å². The maximum Gasteiger partial charge on any atom is 0.314 e. The molecule has 2 aromatic rings. The Morgan fingerprint density at radius 1 is 1.48 bits per heavy atom. The number of ether oxygens (including phenoxy) is 1. The first-order valence-electron chi connectivity index (χ1n) is 7.69. The highest BCUT2D eigenvalue weighted by Crippen LogP contribution is 2.33. The van der Waals surface area contributed by atoms with E-state index >= 15 is 0 Å². The highest BCUT2D eigenvalue weighted by molar-refractivity contribution is 6.33. The molecule has 1 fully saturated rings. The Hall–Kier alpha value is -1.86. The topological polar surface area (TPSA) is 80.5 Å². The Labute approximate surface area is 139 Å². The van der Waals surface area contributed by atoms with E-state index in [-0.39, 0.29) is 12.1 Å². The van der Waals surface area contributed by atoms with Crippen LogP contribution in [0.3, 0.4) is 0 Å². The summed E-state index contributed by atoms with van der Waals surface area (Å²) in [7, 11) is 1.69. The maximum absolute atomic E-state index is 11.8. The molecule has 0 spiro atoms. The van der Waals surface area contributed by atoms with Crippen molar-refractivity contribution in [2.45, 2.75) is 25.4 Å². The Balaban J connectivity index is 1.41. The van der Waals surface area contributed by atoms with Crippen LogP contribution in [0.15, 0.2) is 18.6 Å². The quantitative estimate of drug-likeness (QED) is 0.805. The van der Waals surface area contributed by atoms with Crippen LogP contribution in [0.4, 0.5) is 4.79 Å². The largest absolute Gasteiger partial charge is 0.379 e. The zero-order chi connectivity index (χ0) is 16.2. The average molecular weight is 338 g/mol. The van der Waals surface area contributed by atoms with Gasteiger partial charge in [-0.25, -0.2) is 14.3 Å². The van der Waals surface area contributed by atoms with Crippen molar-refractivity contribution in [2.24, 2.45) is 5.92 Å². The lowest BCUT2D eigenvalue weighted by molar-refractivity contribution is 0.0856. The highest BCUT2D eigenvalue weighted by atomic mass is 35.5. The minimum atomic E-state index is -0.177. The van der Waals surface area contributed by atoms with Crippen molar-refractivity contribution >= 4 is 23.3 Å². The summed E-state index contributed by atoms with van der Waals surface area (Å²) < 4.78 is 7.01. The van der Waals surface area contributed by atoms with Gasteiger partial charge in [0.2, 0.25) is 0 Å². The number of methoxy groups -OCH3 is 1. The van der Waals surface area contributed by atoms with Gasteiger partial charge in [0, 0.05) is 32.6 Å². The predicted molar refractivity (Wildman–Crippen MR) is 86.6 cm³/mol. The maximum atomic E-state index is 11.8. The van der Waals surface area contributed by atoms with Gasteiger partial charge in [0.15, 0.2) is 5.65 Å². The first-order chi connectivity index (χ1) is 11.2. The molecule has 0 aliphatic heterocycles. The number of amides is 2. The fourth-order valence-electron chi connectivity index (χ4n) is 2.50. The van der Waals surface area contributed by atoms with Crippen LogP contribution in [-0.4, -0.2) is 46.9 Å². The molecule has 0 radical (unpaired) electrons. The molecule has 3 rings (SSSR count). The van der Waals surface area contributed by atoms with Crippen LogP contribution >= 0.6 is 11.6 Å². The van der Waals surface area contributed by atoms with E-state index in [4.69, 9.17) is 16.3 Å². The van der Waals surface area contributed by atoms with E-state index in [1.807, 2.05) is 6.20 Å². The number of urea groups is 1. The van der Waals surface area contributed by atoms with E-state index in [9.17, 15) is 4.79 Å². The van der Waals surface area contributed by atoms with Crippen LogP contribution in [0.2, 0.25) is 5.02 Å². The van der Waals surface area contributed by atoms with Crippen molar-refractivity contribution in [3.8, 4) is 0 Å². The van der Waals surface area contributed by atoms with Crippen molar-refractivity contribution in [1.29, 1.82) is 0 Å². The molecule has 7 nitrogen and oxygen atoms in total. The van der Waals surface area contributed by atoms with Crippen molar-refractivity contribution < 1.29 is 9.53 Å².